The van der Waals surface area contributed by atoms with Gasteiger partial charge in [-0.25, -0.2) is 0 Å². The number of carbonyl (C=O) groups is 2. The van der Waals surface area contributed by atoms with E-state index in [-0.39, 0.29) is 11.8 Å². The van der Waals surface area contributed by atoms with Gasteiger partial charge < -0.3 is 19.7 Å². The molecule has 0 aliphatic rings. The highest BCUT2D eigenvalue weighted by Crippen LogP contribution is 2.21. The van der Waals surface area contributed by atoms with Crippen molar-refractivity contribution in [2.24, 2.45) is 0 Å². The van der Waals surface area contributed by atoms with Crippen LogP contribution in [-0.2, 0) is 4.79 Å². The molecule has 28 heavy (non-hydrogen) atoms. The smallest absolute Gasteiger partial charge is 0.265 e. The van der Waals surface area contributed by atoms with Crippen molar-refractivity contribution in [3.8, 4) is 11.5 Å². The fourth-order valence-electron chi connectivity index (χ4n) is 2.81. The second-order valence-electron chi connectivity index (χ2n) is 6.20. The fourth-order valence-corrected chi connectivity index (χ4v) is 2.81. The minimum Gasteiger partial charge on any atom is -0.497 e. The normalized spacial score (nSPS) is 11.4. The van der Waals surface area contributed by atoms with Crippen molar-refractivity contribution < 1.29 is 19.1 Å². The Morgan fingerprint density at radius 1 is 0.964 bits per heavy atom. The molecule has 2 aromatic rings. The fraction of sp³-hybridized carbons (Fsp3) is 0.364. The molecule has 0 saturated heterocycles. The van der Waals surface area contributed by atoms with Crippen molar-refractivity contribution in [3.05, 3.63) is 54.1 Å². The standard InChI is InChI=1S/C22H28N2O4/c1-5-20(28-17-14-12-16(27-4)13-15-17)21(25)23-19-11-9-8-10-18(19)22(26)24(6-2)7-3/h8-15,20H,5-7H2,1-4H3,(H,23,25)/t20-/m0/s1. The third-order valence-electron chi connectivity index (χ3n) is 4.47. The van der Waals surface area contributed by atoms with Gasteiger partial charge in [0, 0.05) is 13.1 Å². The van der Waals surface area contributed by atoms with Crippen molar-refractivity contribution in [1.82, 2.24) is 4.90 Å². The van der Waals surface area contributed by atoms with Gasteiger partial charge in [0.15, 0.2) is 6.10 Å². The molecule has 0 aliphatic carbocycles. The molecule has 0 aromatic heterocycles. The Kier molecular flexibility index (Phi) is 7.87. The van der Waals surface area contributed by atoms with Crippen LogP contribution in [0, 0.1) is 0 Å². The molecule has 1 N–H and O–H groups in total. The molecule has 2 amide bonds. The van der Waals surface area contributed by atoms with Gasteiger partial charge in [-0.15, -0.1) is 0 Å². The van der Waals surface area contributed by atoms with E-state index < -0.39 is 6.10 Å². The molecule has 6 heteroatoms. The molecular weight excluding hydrogens is 356 g/mol. The Hall–Kier alpha value is -3.02. The lowest BCUT2D eigenvalue weighted by Gasteiger charge is -2.22. The van der Waals surface area contributed by atoms with Gasteiger partial charge in [-0.3, -0.25) is 9.59 Å². The van der Waals surface area contributed by atoms with Crippen LogP contribution in [-0.4, -0.2) is 43.0 Å². The molecule has 0 bridgehead atoms. The van der Waals surface area contributed by atoms with E-state index in [0.717, 1.165) is 0 Å². The van der Waals surface area contributed by atoms with E-state index in [9.17, 15) is 9.59 Å². The number of methoxy groups -OCH3 is 1. The first-order valence-corrected chi connectivity index (χ1v) is 9.53. The zero-order chi connectivity index (χ0) is 20.5. The van der Waals surface area contributed by atoms with Crippen LogP contribution in [0.1, 0.15) is 37.6 Å². The first-order valence-electron chi connectivity index (χ1n) is 9.53. The third kappa shape index (κ3) is 5.25. The van der Waals surface area contributed by atoms with Crippen LogP contribution in [0.2, 0.25) is 0 Å². The maximum absolute atomic E-state index is 12.8. The van der Waals surface area contributed by atoms with Crippen molar-refractivity contribution in [3.63, 3.8) is 0 Å². The maximum atomic E-state index is 12.8. The zero-order valence-corrected chi connectivity index (χ0v) is 16.9. The van der Waals surface area contributed by atoms with E-state index in [1.807, 2.05) is 20.8 Å². The van der Waals surface area contributed by atoms with Crippen molar-refractivity contribution in [1.29, 1.82) is 0 Å². The molecule has 2 rings (SSSR count). The summed E-state index contributed by atoms with van der Waals surface area (Å²) in [6, 6.07) is 14.1. The van der Waals surface area contributed by atoms with E-state index >= 15 is 0 Å². The number of para-hydroxylation sites is 1. The molecule has 0 heterocycles. The molecular formula is C22H28N2O4. The monoisotopic (exact) mass is 384 g/mol. The van der Waals surface area contributed by atoms with E-state index in [1.54, 1.807) is 60.5 Å². The lowest BCUT2D eigenvalue weighted by atomic mass is 10.1. The lowest BCUT2D eigenvalue weighted by molar-refractivity contribution is -0.122. The number of benzene rings is 2. The zero-order valence-electron chi connectivity index (χ0n) is 16.9. The molecule has 0 unspecified atom stereocenters. The Labute approximate surface area is 166 Å². The summed E-state index contributed by atoms with van der Waals surface area (Å²) in [6.07, 6.45) is -0.186. The van der Waals surface area contributed by atoms with E-state index in [0.29, 0.717) is 42.3 Å². The Balaban J connectivity index is 2.14. The van der Waals surface area contributed by atoms with E-state index in [1.165, 1.54) is 0 Å². The summed E-state index contributed by atoms with van der Waals surface area (Å²) in [5, 5.41) is 2.85. The van der Waals surface area contributed by atoms with Crippen LogP contribution in [0.4, 0.5) is 5.69 Å². The Morgan fingerprint density at radius 2 is 1.57 bits per heavy atom. The quantitative estimate of drug-likeness (QED) is 0.710. The van der Waals surface area contributed by atoms with Crippen molar-refractivity contribution in [2.45, 2.75) is 33.3 Å². The SMILES string of the molecule is CC[C@H](Oc1ccc(OC)cc1)C(=O)Nc1ccccc1C(=O)N(CC)CC. The predicted octanol–water partition coefficient (Wildman–Crippen LogP) is 3.97. The minimum atomic E-state index is -0.676. The summed E-state index contributed by atoms with van der Waals surface area (Å²) in [4.78, 5) is 27.2. The summed E-state index contributed by atoms with van der Waals surface area (Å²) in [5.41, 5.74) is 0.958. The predicted molar refractivity (Wildman–Crippen MR) is 110 cm³/mol. The number of nitrogens with zero attached hydrogens (tertiary/aromatic N) is 1. The number of hydrogen-bond donors (Lipinski definition) is 1. The van der Waals surface area contributed by atoms with Crippen molar-refractivity contribution in [2.75, 3.05) is 25.5 Å². The Bertz CT molecular complexity index is 785. The van der Waals surface area contributed by atoms with Gasteiger partial charge in [0.1, 0.15) is 11.5 Å². The molecule has 2 aromatic carbocycles. The summed E-state index contributed by atoms with van der Waals surface area (Å²) < 4.78 is 11.0. The number of rotatable bonds is 9. The number of ether oxygens (including phenoxy) is 2. The van der Waals surface area contributed by atoms with Gasteiger partial charge in [-0.05, 0) is 56.7 Å². The summed E-state index contributed by atoms with van der Waals surface area (Å²) >= 11 is 0. The highest BCUT2D eigenvalue weighted by molar-refractivity contribution is 6.04. The first kappa shape index (κ1) is 21.3. The highest BCUT2D eigenvalue weighted by atomic mass is 16.5. The number of nitrogens with one attached hydrogen (secondary N) is 1. The molecule has 6 nitrogen and oxygen atoms in total. The van der Waals surface area contributed by atoms with Crippen LogP contribution in [0.5, 0.6) is 11.5 Å². The van der Waals surface area contributed by atoms with Crippen LogP contribution < -0.4 is 14.8 Å². The van der Waals surface area contributed by atoms with Crippen molar-refractivity contribution >= 4 is 17.5 Å². The van der Waals surface area contributed by atoms with Crippen LogP contribution >= 0.6 is 0 Å². The Morgan fingerprint density at radius 3 is 2.14 bits per heavy atom. The average Bonchev–Trinajstić information content (AvgIpc) is 2.73. The van der Waals surface area contributed by atoms with Crippen LogP contribution in [0.25, 0.3) is 0 Å². The second-order valence-corrected chi connectivity index (χ2v) is 6.20. The van der Waals surface area contributed by atoms with Gasteiger partial charge >= 0.3 is 0 Å². The van der Waals surface area contributed by atoms with Gasteiger partial charge in [-0.1, -0.05) is 19.1 Å². The summed E-state index contributed by atoms with van der Waals surface area (Å²) in [6.45, 7) is 6.95. The maximum Gasteiger partial charge on any atom is 0.265 e. The van der Waals surface area contributed by atoms with Gasteiger partial charge in [0.25, 0.3) is 11.8 Å². The van der Waals surface area contributed by atoms with Gasteiger partial charge in [0.05, 0.1) is 18.4 Å². The highest BCUT2D eigenvalue weighted by Gasteiger charge is 2.22. The second kappa shape index (κ2) is 10.3. The number of amides is 2. The van der Waals surface area contributed by atoms with Crippen LogP contribution in [0.15, 0.2) is 48.5 Å². The first-order chi connectivity index (χ1) is 13.5. The molecule has 0 spiro atoms. The largest absolute Gasteiger partial charge is 0.497 e. The topological polar surface area (TPSA) is 67.9 Å². The summed E-state index contributed by atoms with van der Waals surface area (Å²) in [5.74, 6) is 0.895. The third-order valence-corrected chi connectivity index (χ3v) is 4.47. The molecule has 1 atom stereocenters. The molecule has 150 valence electrons. The molecule has 0 saturated carbocycles. The van der Waals surface area contributed by atoms with Crippen LogP contribution in [0.3, 0.4) is 0 Å². The van der Waals surface area contributed by atoms with E-state index in [2.05, 4.69) is 5.32 Å². The molecule has 0 fully saturated rings. The average molecular weight is 384 g/mol. The molecule has 0 radical (unpaired) electrons. The lowest BCUT2D eigenvalue weighted by Crippen LogP contribution is -2.34. The van der Waals surface area contributed by atoms with E-state index in [4.69, 9.17) is 9.47 Å². The number of anilines is 1. The summed E-state index contributed by atoms with van der Waals surface area (Å²) in [7, 11) is 1.59. The van der Waals surface area contributed by atoms with Gasteiger partial charge in [0.2, 0.25) is 0 Å². The molecule has 0 aliphatic heterocycles. The minimum absolute atomic E-state index is 0.106. The number of carbonyl (C=O) groups excluding carboxylic acids is 2. The van der Waals surface area contributed by atoms with Gasteiger partial charge in [-0.2, -0.15) is 0 Å². The number of hydrogen-bond acceptors (Lipinski definition) is 4.